The van der Waals surface area contributed by atoms with Crippen molar-refractivity contribution in [2.75, 3.05) is 6.61 Å². The normalized spacial score (nSPS) is 10.6. The topological polar surface area (TPSA) is 50.7 Å². The van der Waals surface area contributed by atoms with Crippen molar-refractivity contribution in [3.8, 4) is 5.75 Å². The fraction of sp³-hybridized carbons (Fsp3) is 0.0667. The second-order valence-electron chi connectivity index (χ2n) is 4.06. The lowest BCUT2D eigenvalue weighted by Crippen LogP contribution is -2.24. The number of ether oxygens (including phenoxy) is 1. The molecule has 1 amide bonds. The third-order valence-corrected chi connectivity index (χ3v) is 3.03. The zero-order valence-corrected chi connectivity index (χ0v) is 12.4. The van der Waals surface area contributed by atoms with Gasteiger partial charge in [-0.3, -0.25) is 4.79 Å². The van der Waals surface area contributed by atoms with Gasteiger partial charge in [0.05, 0.1) is 11.2 Å². The highest BCUT2D eigenvalue weighted by Crippen LogP contribution is 2.22. The molecule has 108 valence electrons. The van der Waals surface area contributed by atoms with Crippen LogP contribution in [-0.4, -0.2) is 18.7 Å². The number of para-hydroxylation sites is 1. The van der Waals surface area contributed by atoms with Crippen LogP contribution in [0.4, 0.5) is 0 Å². The first-order valence-electron chi connectivity index (χ1n) is 6.10. The van der Waals surface area contributed by atoms with Crippen LogP contribution >= 0.6 is 23.2 Å². The molecule has 2 rings (SSSR count). The SMILES string of the molecule is O=C(COc1ccccc1Cl)NN=Cc1ccc(Cl)cc1. The number of halogens is 2. The van der Waals surface area contributed by atoms with Crippen molar-refractivity contribution in [1.82, 2.24) is 5.43 Å². The maximum Gasteiger partial charge on any atom is 0.277 e. The molecule has 0 unspecified atom stereocenters. The monoisotopic (exact) mass is 322 g/mol. The van der Waals surface area contributed by atoms with Gasteiger partial charge >= 0.3 is 0 Å². The van der Waals surface area contributed by atoms with E-state index in [0.717, 1.165) is 5.56 Å². The van der Waals surface area contributed by atoms with Gasteiger partial charge in [-0.1, -0.05) is 47.5 Å². The zero-order valence-electron chi connectivity index (χ0n) is 10.9. The van der Waals surface area contributed by atoms with Crippen molar-refractivity contribution in [2.24, 2.45) is 5.10 Å². The average Bonchev–Trinajstić information content (AvgIpc) is 2.48. The van der Waals surface area contributed by atoms with Crippen LogP contribution in [0.5, 0.6) is 5.75 Å². The Morgan fingerprint density at radius 1 is 1.14 bits per heavy atom. The molecular formula is C15H12Cl2N2O2. The lowest BCUT2D eigenvalue weighted by molar-refractivity contribution is -0.123. The Labute approximate surface area is 132 Å². The highest BCUT2D eigenvalue weighted by atomic mass is 35.5. The van der Waals surface area contributed by atoms with Crippen LogP contribution in [0.1, 0.15) is 5.56 Å². The number of amides is 1. The molecule has 6 heteroatoms. The summed E-state index contributed by atoms with van der Waals surface area (Å²) in [6.07, 6.45) is 1.52. The molecule has 0 fully saturated rings. The number of nitrogens with zero attached hydrogens (tertiary/aromatic N) is 1. The van der Waals surface area contributed by atoms with Gasteiger partial charge in [0.1, 0.15) is 5.75 Å². The molecule has 0 radical (unpaired) electrons. The van der Waals surface area contributed by atoms with Crippen LogP contribution in [0.3, 0.4) is 0 Å². The molecule has 2 aromatic carbocycles. The van der Waals surface area contributed by atoms with E-state index in [1.165, 1.54) is 6.21 Å². The van der Waals surface area contributed by atoms with Crippen molar-refractivity contribution in [1.29, 1.82) is 0 Å². The van der Waals surface area contributed by atoms with E-state index >= 15 is 0 Å². The van der Waals surface area contributed by atoms with E-state index in [0.29, 0.717) is 15.8 Å². The van der Waals surface area contributed by atoms with Crippen molar-refractivity contribution in [3.05, 3.63) is 64.1 Å². The highest BCUT2D eigenvalue weighted by Gasteiger charge is 2.03. The summed E-state index contributed by atoms with van der Waals surface area (Å²) < 4.78 is 5.28. The fourth-order valence-corrected chi connectivity index (χ4v) is 1.78. The van der Waals surface area contributed by atoms with E-state index < -0.39 is 0 Å². The molecule has 0 atom stereocenters. The molecule has 0 aliphatic carbocycles. The summed E-state index contributed by atoms with van der Waals surface area (Å²) in [4.78, 5) is 11.6. The molecule has 0 aromatic heterocycles. The number of benzene rings is 2. The van der Waals surface area contributed by atoms with Crippen molar-refractivity contribution in [3.63, 3.8) is 0 Å². The van der Waals surface area contributed by atoms with Gasteiger partial charge in [0.15, 0.2) is 6.61 Å². The Kier molecular flexibility index (Phi) is 5.60. The minimum atomic E-state index is -0.375. The first-order valence-corrected chi connectivity index (χ1v) is 6.85. The number of rotatable bonds is 5. The van der Waals surface area contributed by atoms with Crippen LogP contribution in [0.25, 0.3) is 0 Å². The van der Waals surface area contributed by atoms with E-state index in [-0.39, 0.29) is 12.5 Å². The Hall–Kier alpha value is -2.04. The highest BCUT2D eigenvalue weighted by molar-refractivity contribution is 6.32. The van der Waals surface area contributed by atoms with Gasteiger partial charge in [0.25, 0.3) is 5.91 Å². The standard InChI is InChI=1S/C15H12Cl2N2O2/c16-12-7-5-11(6-8-12)9-18-19-15(20)10-21-14-4-2-1-3-13(14)17/h1-9H,10H2,(H,19,20). The van der Waals surface area contributed by atoms with E-state index in [4.69, 9.17) is 27.9 Å². The predicted molar refractivity (Wildman–Crippen MR) is 84.1 cm³/mol. The second kappa shape index (κ2) is 7.67. The average molecular weight is 323 g/mol. The minimum Gasteiger partial charge on any atom is -0.482 e. The van der Waals surface area contributed by atoms with Crippen molar-refractivity contribution < 1.29 is 9.53 Å². The van der Waals surface area contributed by atoms with Gasteiger partial charge in [-0.05, 0) is 29.8 Å². The number of hydrazone groups is 1. The van der Waals surface area contributed by atoms with Crippen LogP contribution < -0.4 is 10.2 Å². The fourth-order valence-electron chi connectivity index (χ4n) is 1.47. The van der Waals surface area contributed by atoms with Gasteiger partial charge in [-0.25, -0.2) is 5.43 Å². The second-order valence-corrected chi connectivity index (χ2v) is 4.91. The maximum atomic E-state index is 11.6. The summed E-state index contributed by atoms with van der Waals surface area (Å²) in [5, 5.41) is 4.92. The molecule has 0 aliphatic heterocycles. The number of carbonyl (C=O) groups excluding carboxylic acids is 1. The molecular weight excluding hydrogens is 311 g/mol. The van der Waals surface area contributed by atoms with Crippen LogP contribution in [0, 0.1) is 0 Å². The molecule has 4 nitrogen and oxygen atoms in total. The summed E-state index contributed by atoms with van der Waals surface area (Å²) in [7, 11) is 0. The van der Waals surface area contributed by atoms with Gasteiger partial charge in [0, 0.05) is 5.02 Å². The number of carbonyl (C=O) groups is 1. The lowest BCUT2D eigenvalue weighted by Gasteiger charge is -2.06. The Balaban J connectivity index is 1.80. The number of nitrogens with one attached hydrogen (secondary N) is 1. The van der Waals surface area contributed by atoms with E-state index in [1.54, 1.807) is 48.5 Å². The molecule has 1 N–H and O–H groups in total. The molecule has 0 saturated carbocycles. The summed E-state index contributed by atoms with van der Waals surface area (Å²) in [5.74, 6) is 0.0798. The van der Waals surface area contributed by atoms with Gasteiger partial charge in [-0.2, -0.15) is 5.10 Å². The molecule has 0 bridgehead atoms. The maximum absolute atomic E-state index is 11.6. The number of hydrogen-bond acceptors (Lipinski definition) is 3. The predicted octanol–water partition coefficient (Wildman–Crippen LogP) is 3.52. The Bertz CT molecular complexity index is 642. The lowest BCUT2D eigenvalue weighted by atomic mass is 10.2. The van der Waals surface area contributed by atoms with E-state index in [2.05, 4.69) is 10.5 Å². The molecule has 21 heavy (non-hydrogen) atoms. The van der Waals surface area contributed by atoms with Gasteiger partial charge in [0.2, 0.25) is 0 Å². The van der Waals surface area contributed by atoms with Crippen LogP contribution in [-0.2, 0) is 4.79 Å². The smallest absolute Gasteiger partial charge is 0.277 e. The summed E-state index contributed by atoms with van der Waals surface area (Å²) in [6, 6.07) is 14.0. The molecule has 0 heterocycles. The largest absolute Gasteiger partial charge is 0.482 e. The third kappa shape index (κ3) is 5.10. The minimum absolute atomic E-state index is 0.165. The van der Waals surface area contributed by atoms with Crippen molar-refractivity contribution >= 4 is 35.3 Å². The van der Waals surface area contributed by atoms with Crippen LogP contribution in [0.2, 0.25) is 10.0 Å². The molecule has 0 aliphatic rings. The van der Waals surface area contributed by atoms with E-state index in [1.807, 2.05) is 0 Å². The summed E-state index contributed by atoms with van der Waals surface area (Å²) >= 11 is 11.7. The summed E-state index contributed by atoms with van der Waals surface area (Å²) in [5.41, 5.74) is 3.19. The Morgan fingerprint density at radius 2 is 1.86 bits per heavy atom. The van der Waals surface area contributed by atoms with Gasteiger partial charge in [-0.15, -0.1) is 0 Å². The summed E-state index contributed by atoms with van der Waals surface area (Å²) in [6.45, 7) is -0.165. The Morgan fingerprint density at radius 3 is 2.57 bits per heavy atom. The molecule has 0 saturated heterocycles. The quantitative estimate of drug-likeness (QED) is 0.676. The zero-order chi connectivity index (χ0) is 15.1. The first kappa shape index (κ1) is 15.4. The first-order chi connectivity index (χ1) is 10.1. The van der Waals surface area contributed by atoms with Crippen LogP contribution in [0.15, 0.2) is 53.6 Å². The van der Waals surface area contributed by atoms with E-state index in [9.17, 15) is 4.79 Å². The van der Waals surface area contributed by atoms with Gasteiger partial charge < -0.3 is 4.74 Å². The number of hydrogen-bond donors (Lipinski definition) is 1. The van der Waals surface area contributed by atoms with Crippen molar-refractivity contribution in [2.45, 2.75) is 0 Å². The third-order valence-electron chi connectivity index (χ3n) is 2.47. The molecule has 2 aromatic rings. The molecule has 0 spiro atoms.